The maximum Gasteiger partial charge on any atom is 0.311 e. The fraction of sp³-hybridized carbons (Fsp3) is 0.167. The monoisotopic (exact) mass is 386 g/mol. The van der Waals surface area contributed by atoms with Crippen molar-refractivity contribution in [2.75, 3.05) is 0 Å². The molecule has 0 bridgehead atoms. The summed E-state index contributed by atoms with van der Waals surface area (Å²) in [7, 11) is 0. The Morgan fingerprint density at radius 2 is 1.88 bits per heavy atom. The summed E-state index contributed by atoms with van der Waals surface area (Å²) in [5.74, 6) is 0.788. The van der Waals surface area contributed by atoms with Crippen molar-refractivity contribution in [2.45, 2.75) is 19.3 Å². The van der Waals surface area contributed by atoms with Crippen LogP contribution in [0.4, 0.5) is 0 Å². The van der Waals surface area contributed by atoms with Crippen molar-refractivity contribution in [3.63, 3.8) is 0 Å². The van der Waals surface area contributed by atoms with Crippen LogP contribution in [-0.4, -0.2) is 15.9 Å². The van der Waals surface area contributed by atoms with E-state index in [2.05, 4.69) is 25.9 Å². The molecule has 0 spiro atoms. The lowest BCUT2D eigenvalue weighted by Gasteiger charge is -2.05. The Hall–Kier alpha value is -2.47. The number of nitrogens with zero attached hydrogens (tertiary/aromatic N) is 1. The van der Waals surface area contributed by atoms with Gasteiger partial charge in [0.25, 0.3) is 5.56 Å². The minimum Gasteiger partial charge on any atom is -0.427 e. The van der Waals surface area contributed by atoms with Crippen LogP contribution in [0.15, 0.2) is 57.8 Å². The smallest absolute Gasteiger partial charge is 0.311 e. The molecule has 0 amide bonds. The number of para-hydroxylation sites is 1. The molecule has 0 aliphatic carbocycles. The van der Waals surface area contributed by atoms with Gasteiger partial charge < -0.3 is 9.72 Å². The van der Waals surface area contributed by atoms with E-state index in [0.29, 0.717) is 35.3 Å². The SMILES string of the molecule is O=C(CCCc1nc2ccccc2c(=O)[nH]1)Oc1ccc(Br)cc1. The average molecular weight is 387 g/mol. The molecule has 5 nitrogen and oxygen atoms in total. The predicted octanol–water partition coefficient (Wildman–Crippen LogP) is 3.61. The second kappa shape index (κ2) is 7.40. The Balaban J connectivity index is 1.57. The van der Waals surface area contributed by atoms with Crippen molar-refractivity contribution in [1.82, 2.24) is 9.97 Å². The highest BCUT2D eigenvalue weighted by molar-refractivity contribution is 9.10. The molecule has 0 aliphatic heterocycles. The third-order valence-electron chi connectivity index (χ3n) is 3.50. The summed E-state index contributed by atoms with van der Waals surface area (Å²) >= 11 is 3.33. The van der Waals surface area contributed by atoms with E-state index in [9.17, 15) is 9.59 Å². The molecule has 6 heteroatoms. The summed E-state index contributed by atoms with van der Waals surface area (Å²) < 4.78 is 6.17. The summed E-state index contributed by atoms with van der Waals surface area (Å²) in [5, 5.41) is 0.566. The number of hydrogen-bond donors (Lipinski definition) is 1. The maximum atomic E-state index is 12.0. The molecule has 24 heavy (non-hydrogen) atoms. The highest BCUT2D eigenvalue weighted by Gasteiger charge is 2.07. The third-order valence-corrected chi connectivity index (χ3v) is 4.03. The molecule has 2 aromatic carbocycles. The molecule has 0 saturated carbocycles. The van der Waals surface area contributed by atoms with Crippen molar-refractivity contribution in [3.05, 3.63) is 69.2 Å². The number of rotatable bonds is 5. The second-order valence-corrected chi connectivity index (χ2v) is 6.23. The fourth-order valence-electron chi connectivity index (χ4n) is 2.34. The Morgan fingerprint density at radius 1 is 1.12 bits per heavy atom. The normalized spacial score (nSPS) is 10.7. The first-order valence-electron chi connectivity index (χ1n) is 7.56. The number of hydrogen-bond acceptors (Lipinski definition) is 4. The number of carbonyl (C=O) groups excluding carboxylic acids is 1. The standard InChI is InChI=1S/C18H15BrN2O3/c19-12-8-10-13(11-9-12)24-17(22)7-3-6-16-20-15-5-2-1-4-14(15)18(23)21-16/h1-2,4-5,8-11H,3,6-7H2,(H,20,21,23). The largest absolute Gasteiger partial charge is 0.427 e. The number of esters is 1. The molecular formula is C18H15BrN2O3. The Morgan fingerprint density at radius 3 is 2.67 bits per heavy atom. The summed E-state index contributed by atoms with van der Waals surface area (Å²) in [6.45, 7) is 0. The van der Waals surface area contributed by atoms with Gasteiger partial charge in [-0.1, -0.05) is 28.1 Å². The van der Waals surface area contributed by atoms with Crippen molar-refractivity contribution in [1.29, 1.82) is 0 Å². The Bertz CT molecular complexity index is 919. The molecule has 0 saturated heterocycles. The van der Waals surface area contributed by atoms with Crippen LogP contribution in [0.3, 0.4) is 0 Å². The van der Waals surface area contributed by atoms with Crippen LogP contribution in [0.2, 0.25) is 0 Å². The average Bonchev–Trinajstić information content (AvgIpc) is 2.57. The number of H-pyrrole nitrogens is 1. The number of aromatic amines is 1. The van der Waals surface area contributed by atoms with Crippen LogP contribution in [0, 0.1) is 0 Å². The number of carbonyl (C=O) groups is 1. The number of aromatic nitrogens is 2. The maximum absolute atomic E-state index is 12.0. The van der Waals surface area contributed by atoms with E-state index in [0.717, 1.165) is 4.47 Å². The van der Waals surface area contributed by atoms with E-state index in [1.54, 1.807) is 30.3 Å². The van der Waals surface area contributed by atoms with E-state index in [1.165, 1.54) is 0 Å². The zero-order valence-corrected chi connectivity index (χ0v) is 14.4. The van der Waals surface area contributed by atoms with Crippen LogP contribution in [0.5, 0.6) is 5.75 Å². The zero-order valence-electron chi connectivity index (χ0n) is 12.8. The van der Waals surface area contributed by atoms with Crippen LogP contribution in [0.25, 0.3) is 10.9 Å². The van der Waals surface area contributed by atoms with Crippen molar-refractivity contribution in [3.8, 4) is 5.75 Å². The van der Waals surface area contributed by atoms with Crippen LogP contribution in [0.1, 0.15) is 18.7 Å². The topological polar surface area (TPSA) is 72.0 Å². The molecule has 1 N–H and O–H groups in total. The Labute approximate surface area is 146 Å². The van der Waals surface area contributed by atoms with Gasteiger partial charge in [0.2, 0.25) is 0 Å². The number of ether oxygens (including phenoxy) is 1. The van der Waals surface area contributed by atoms with Crippen molar-refractivity contribution >= 4 is 32.8 Å². The minimum absolute atomic E-state index is 0.159. The summed E-state index contributed by atoms with van der Waals surface area (Å²) in [5.41, 5.74) is 0.502. The number of fused-ring (bicyclic) bond motifs is 1. The van der Waals surface area contributed by atoms with Crippen molar-refractivity contribution in [2.24, 2.45) is 0 Å². The third kappa shape index (κ3) is 4.08. The molecule has 3 rings (SSSR count). The number of aryl methyl sites for hydroxylation is 1. The van der Waals surface area contributed by atoms with Gasteiger partial charge in [0.15, 0.2) is 0 Å². The van der Waals surface area contributed by atoms with E-state index < -0.39 is 0 Å². The van der Waals surface area contributed by atoms with E-state index >= 15 is 0 Å². The minimum atomic E-state index is -0.305. The van der Waals surface area contributed by atoms with Gasteiger partial charge in [-0.3, -0.25) is 9.59 Å². The van der Waals surface area contributed by atoms with Gasteiger partial charge in [0, 0.05) is 17.3 Å². The molecule has 1 heterocycles. The van der Waals surface area contributed by atoms with Crippen LogP contribution < -0.4 is 10.3 Å². The van der Waals surface area contributed by atoms with Gasteiger partial charge in [-0.2, -0.15) is 0 Å². The lowest BCUT2D eigenvalue weighted by atomic mass is 10.2. The first kappa shape index (κ1) is 16.4. The zero-order chi connectivity index (χ0) is 16.9. The molecule has 0 atom stereocenters. The lowest BCUT2D eigenvalue weighted by molar-refractivity contribution is -0.134. The van der Waals surface area contributed by atoms with Gasteiger partial charge in [-0.25, -0.2) is 4.98 Å². The number of benzene rings is 2. The lowest BCUT2D eigenvalue weighted by Crippen LogP contribution is -2.13. The molecule has 1 aromatic heterocycles. The second-order valence-electron chi connectivity index (χ2n) is 5.31. The summed E-state index contributed by atoms with van der Waals surface area (Å²) in [6.07, 6.45) is 1.32. The molecule has 122 valence electrons. The predicted molar refractivity (Wildman–Crippen MR) is 95.1 cm³/mol. The quantitative estimate of drug-likeness (QED) is 0.536. The Kier molecular flexibility index (Phi) is 5.05. The van der Waals surface area contributed by atoms with Gasteiger partial charge in [-0.05, 0) is 42.8 Å². The van der Waals surface area contributed by atoms with Gasteiger partial charge in [0.05, 0.1) is 10.9 Å². The highest BCUT2D eigenvalue weighted by atomic mass is 79.9. The molecule has 0 unspecified atom stereocenters. The molecule has 0 aliphatic rings. The van der Waals surface area contributed by atoms with E-state index in [1.807, 2.05) is 18.2 Å². The summed E-state index contributed by atoms with van der Waals surface area (Å²) in [4.78, 5) is 31.0. The molecule has 3 aromatic rings. The van der Waals surface area contributed by atoms with E-state index in [4.69, 9.17) is 4.74 Å². The number of halogens is 1. The highest BCUT2D eigenvalue weighted by Crippen LogP contribution is 2.17. The van der Waals surface area contributed by atoms with Gasteiger partial charge >= 0.3 is 5.97 Å². The first-order valence-corrected chi connectivity index (χ1v) is 8.35. The van der Waals surface area contributed by atoms with Gasteiger partial charge in [0.1, 0.15) is 11.6 Å². The van der Waals surface area contributed by atoms with Gasteiger partial charge in [-0.15, -0.1) is 0 Å². The number of nitrogens with one attached hydrogen (secondary N) is 1. The molecule has 0 fully saturated rings. The van der Waals surface area contributed by atoms with E-state index in [-0.39, 0.29) is 17.9 Å². The first-order chi connectivity index (χ1) is 11.6. The molecule has 0 radical (unpaired) electrons. The van der Waals surface area contributed by atoms with Crippen LogP contribution >= 0.6 is 15.9 Å². The molecular weight excluding hydrogens is 372 g/mol. The fourth-order valence-corrected chi connectivity index (χ4v) is 2.60. The van der Waals surface area contributed by atoms with Crippen LogP contribution in [-0.2, 0) is 11.2 Å². The van der Waals surface area contributed by atoms with Crippen molar-refractivity contribution < 1.29 is 9.53 Å². The summed E-state index contributed by atoms with van der Waals surface area (Å²) in [6, 6.07) is 14.3.